The lowest BCUT2D eigenvalue weighted by Gasteiger charge is -2.07. The summed E-state index contributed by atoms with van der Waals surface area (Å²) in [5.41, 5.74) is 0.859. The second kappa shape index (κ2) is 6.87. The molecule has 0 unspecified atom stereocenters. The Balaban J connectivity index is 2.09. The van der Waals surface area contributed by atoms with E-state index < -0.39 is 10.0 Å². The summed E-state index contributed by atoms with van der Waals surface area (Å²) in [7, 11) is -2.17. The molecule has 1 heterocycles. The number of sulfonamides is 1. The highest BCUT2D eigenvalue weighted by atomic mass is 35.5. The van der Waals surface area contributed by atoms with Gasteiger partial charge in [0.25, 0.3) is 5.91 Å². The van der Waals surface area contributed by atoms with Crippen molar-refractivity contribution < 1.29 is 13.2 Å². The topological polar surface area (TPSA) is 88.2 Å². The third-order valence-corrected chi connectivity index (χ3v) is 4.53. The molecule has 0 saturated carbocycles. The molecule has 0 saturated heterocycles. The summed E-state index contributed by atoms with van der Waals surface area (Å²) in [4.78, 5) is 16.0. The van der Waals surface area contributed by atoms with Crippen LogP contribution in [0.25, 0.3) is 0 Å². The molecule has 6 nitrogen and oxygen atoms in total. The van der Waals surface area contributed by atoms with Gasteiger partial charge in [0.1, 0.15) is 5.69 Å². The fourth-order valence-corrected chi connectivity index (χ4v) is 2.70. The van der Waals surface area contributed by atoms with E-state index in [-0.39, 0.29) is 23.0 Å². The molecule has 0 spiro atoms. The lowest BCUT2D eigenvalue weighted by atomic mass is 10.2. The number of carbonyl (C=O) groups is 1. The molecule has 1 amide bonds. The van der Waals surface area contributed by atoms with Crippen LogP contribution in [0.15, 0.2) is 47.5 Å². The van der Waals surface area contributed by atoms with Gasteiger partial charge >= 0.3 is 0 Å². The van der Waals surface area contributed by atoms with Crippen molar-refractivity contribution in [2.24, 2.45) is 0 Å². The van der Waals surface area contributed by atoms with Gasteiger partial charge in [-0.1, -0.05) is 23.7 Å². The number of halogens is 1. The van der Waals surface area contributed by atoms with Crippen LogP contribution in [0.1, 0.15) is 16.1 Å². The largest absolute Gasteiger partial charge is 0.347 e. The first kappa shape index (κ1) is 16.4. The van der Waals surface area contributed by atoms with Gasteiger partial charge in [0.15, 0.2) is 0 Å². The van der Waals surface area contributed by atoms with Gasteiger partial charge in [0, 0.05) is 17.8 Å². The quantitative estimate of drug-likeness (QED) is 0.865. The maximum Gasteiger partial charge on any atom is 0.270 e. The number of aromatic nitrogens is 1. The fourth-order valence-electron chi connectivity index (χ4n) is 1.74. The van der Waals surface area contributed by atoms with Gasteiger partial charge in [-0.25, -0.2) is 13.1 Å². The Morgan fingerprint density at radius 2 is 2.05 bits per heavy atom. The van der Waals surface area contributed by atoms with Gasteiger partial charge in [-0.3, -0.25) is 9.78 Å². The molecular formula is C14H14ClN3O3S. The monoisotopic (exact) mass is 339 g/mol. The molecule has 0 aliphatic heterocycles. The van der Waals surface area contributed by atoms with Gasteiger partial charge in [0.05, 0.1) is 4.90 Å². The zero-order valence-electron chi connectivity index (χ0n) is 11.7. The molecule has 0 aliphatic rings. The summed E-state index contributed by atoms with van der Waals surface area (Å²) in [6.07, 6.45) is 1.44. The zero-order chi connectivity index (χ0) is 16.2. The second-order valence-corrected chi connectivity index (χ2v) is 6.72. The minimum Gasteiger partial charge on any atom is -0.347 e. The molecule has 22 heavy (non-hydrogen) atoms. The Kier molecular flexibility index (Phi) is 5.12. The number of rotatable bonds is 5. The standard InChI is InChI=1S/C14H14ClN3O3S/c1-16-22(20,21)12-4-2-3-10(7-12)9-18-14(19)13-8-11(15)5-6-17-13/h2-8,16H,9H2,1H3,(H,18,19). The van der Waals surface area contributed by atoms with E-state index in [1.807, 2.05) is 0 Å². The van der Waals surface area contributed by atoms with Gasteiger partial charge in [0.2, 0.25) is 10.0 Å². The van der Waals surface area contributed by atoms with Crippen LogP contribution >= 0.6 is 11.6 Å². The number of carbonyl (C=O) groups excluding carboxylic acids is 1. The third kappa shape index (κ3) is 4.03. The average Bonchev–Trinajstić information content (AvgIpc) is 2.53. The van der Waals surface area contributed by atoms with E-state index >= 15 is 0 Å². The lowest BCUT2D eigenvalue weighted by Crippen LogP contribution is -2.24. The molecular weight excluding hydrogens is 326 g/mol. The molecule has 2 N–H and O–H groups in total. The zero-order valence-corrected chi connectivity index (χ0v) is 13.3. The number of nitrogens with zero attached hydrogens (tertiary/aromatic N) is 1. The van der Waals surface area contributed by atoms with Crippen molar-refractivity contribution in [3.05, 3.63) is 58.9 Å². The number of amides is 1. The molecule has 1 aromatic heterocycles. The van der Waals surface area contributed by atoms with E-state index in [1.165, 1.54) is 31.4 Å². The molecule has 0 radical (unpaired) electrons. The molecule has 0 atom stereocenters. The summed E-state index contributed by atoms with van der Waals surface area (Å²) < 4.78 is 25.7. The van der Waals surface area contributed by atoms with Gasteiger partial charge in [-0.15, -0.1) is 0 Å². The Bertz CT molecular complexity index is 793. The van der Waals surface area contributed by atoms with E-state index in [0.717, 1.165) is 0 Å². The van der Waals surface area contributed by atoms with E-state index in [2.05, 4.69) is 15.0 Å². The third-order valence-electron chi connectivity index (χ3n) is 2.89. The predicted molar refractivity (Wildman–Crippen MR) is 83.1 cm³/mol. The Morgan fingerprint density at radius 3 is 2.73 bits per heavy atom. The average molecular weight is 340 g/mol. The highest BCUT2D eigenvalue weighted by Crippen LogP contribution is 2.12. The molecule has 0 fully saturated rings. The van der Waals surface area contributed by atoms with Crippen LogP contribution in [-0.2, 0) is 16.6 Å². The van der Waals surface area contributed by atoms with E-state index in [0.29, 0.717) is 10.6 Å². The molecule has 116 valence electrons. The molecule has 2 rings (SSSR count). The van der Waals surface area contributed by atoms with Crippen LogP contribution in [0.4, 0.5) is 0 Å². The van der Waals surface area contributed by atoms with Gasteiger partial charge in [-0.2, -0.15) is 0 Å². The summed E-state index contributed by atoms with van der Waals surface area (Å²) in [5, 5.41) is 3.08. The smallest absolute Gasteiger partial charge is 0.270 e. The Morgan fingerprint density at radius 1 is 1.27 bits per heavy atom. The van der Waals surface area contributed by atoms with Gasteiger partial charge < -0.3 is 5.32 Å². The number of benzene rings is 1. The Hall–Kier alpha value is -1.96. The van der Waals surface area contributed by atoms with Crippen molar-refractivity contribution in [2.75, 3.05) is 7.05 Å². The van der Waals surface area contributed by atoms with Crippen LogP contribution in [0.3, 0.4) is 0 Å². The molecule has 0 bridgehead atoms. The van der Waals surface area contributed by atoms with E-state index in [9.17, 15) is 13.2 Å². The summed E-state index contributed by atoms with van der Waals surface area (Å²) in [6.45, 7) is 0.181. The number of nitrogens with one attached hydrogen (secondary N) is 2. The maximum absolute atomic E-state index is 11.9. The van der Waals surface area contributed by atoms with Crippen LogP contribution in [0.5, 0.6) is 0 Å². The van der Waals surface area contributed by atoms with Crippen molar-refractivity contribution in [1.29, 1.82) is 0 Å². The Labute approximate surface area is 133 Å². The van der Waals surface area contributed by atoms with Crippen molar-refractivity contribution in [3.63, 3.8) is 0 Å². The molecule has 8 heteroatoms. The van der Waals surface area contributed by atoms with Crippen molar-refractivity contribution in [1.82, 2.24) is 15.0 Å². The minimum absolute atomic E-state index is 0.141. The van der Waals surface area contributed by atoms with Crippen LogP contribution in [-0.4, -0.2) is 26.4 Å². The van der Waals surface area contributed by atoms with Crippen molar-refractivity contribution in [2.45, 2.75) is 11.4 Å². The van der Waals surface area contributed by atoms with Crippen LogP contribution in [0.2, 0.25) is 5.02 Å². The number of hydrogen-bond donors (Lipinski definition) is 2. The highest BCUT2D eigenvalue weighted by Gasteiger charge is 2.12. The van der Waals surface area contributed by atoms with E-state index in [1.54, 1.807) is 18.2 Å². The summed E-state index contributed by atoms with van der Waals surface area (Å²) >= 11 is 5.80. The predicted octanol–water partition coefficient (Wildman–Crippen LogP) is 1.57. The fraction of sp³-hybridized carbons (Fsp3) is 0.143. The first-order chi connectivity index (χ1) is 10.4. The van der Waals surface area contributed by atoms with Crippen LogP contribution < -0.4 is 10.0 Å². The first-order valence-electron chi connectivity index (χ1n) is 6.34. The van der Waals surface area contributed by atoms with Crippen LogP contribution in [0, 0.1) is 0 Å². The second-order valence-electron chi connectivity index (χ2n) is 4.40. The molecule has 0 aliphatic carbocycles. The number of pyridine rings is 1. The minimum atomic E-state index is -3.51. The molecule has 2 aromatic rings. The highest BCUT2D eigenvalue weighted by molar-refractivity contribution is 7.89. The lowest BCUT2D eigenvalue weighted by molar-refractivity contribution is 0.0946. The molecule has 1 aromatic carbocycles. The normalized spacial score (nSPS) is 11.2. The SMILES string of the molecule is CNS(=O)(=O)c1cccc(CNC(=O)c2cc(Cl)ccn2)c1. The van der Waals surface area contributed by atoms with Crippen molar-refractivity contribution >= 4 is 27.5 Å². The number of hydrogen-bond acceptors (Lipinski definition) is 4. The summed E-state index contributed by atoms with van der Waals surface area (Å²) in [5.74, 6) is -0.385. The van der Waals surface area contributed by atoms with Crippen molar-refractivity contribution in [3.8, 4) is 0 Å². The van der Waals surface area contributed by atoms with E-state index in [4.69, 9.17) is 11.6 Å². The van der Waals surface area contributed by atoms with Gasteiger partial charge in [-0.05, 0) is 36.9 Å². The maximum atomic E-state index is 11.9. The summed E-state index contributed by atoms with van der Waals surface area (Å²) in [6, 6.07) is 9.35. The first-order valence-corrected chi connectivity index (χ1v) is 8.21.